The van der Waals surface area contributed by atoms with E-state index in [1.165, 1.54) is 0 Å². The lowest BCUT2D eigenvalue weighted by molar-refractivity contribution is 0.407. The van der Waals surface area contributed by atoms with Gasteiger partial charge < -0.3 is 14.8 Å². The molecule has 0 unspecified atom stereocenters. The molecule has 5 heteroatoms. The molecule has 2 aromatic rings. The van der Waals surface area contributed by atoms with Crippen LogP contribution in [0.1, 0.15) is 18.9 Å². The minimum atomic E-state index is 0.393. The third-order valence-corrected chi connectivity index (χ3v) is 3.15. The van der Waals surface area contributed by atoms with Gasteiger partial charge in [-0.1, -0.05) is 24.6 Å². The Morgan fingerprint density at radius 2 is 2.05 bits per heavy atom. The molecule has 0 atom stereocenters. The summed E-state index contributed by atoms with van der Waals surface area (Å²) < 4.78 is 10.8. The number of nitrogens with zero attached hydrogens (tertiary/aromatic N) is 1. The van der Waals surface area contributed by atoms with Crippen molar-refractivity contribution in [2.24, 2.45) is 0 Å². The molecule has 112 valence electrons. The first kappa shape index (κ1) is 15.6. The molecule has 0 aliphatic heterocycles. The zero-order valence-electron chi connectivity index (χ0n) is 12.2. The topological polar surface area (TPSA) is 43.4 Å². The third-order valence-electron chi connectivity index (χ3n) is 2.88. The van der Waals surface area contributed by atoms with Crippen LogP contribution in [-0.2, 0) is 6.54 Å². The second kappa shape index (κ2) is 7.86. The number of aromatic nitrogens is 1. The summed E-state index contributed by atoms with van der Waals surface area (Å²) in [4.78, 5) is 4.27. The Hall–Kier alpha value is -1.78. The summed E-state index contributed by atoms with van der Waals surface area (Å²) in [6, 6.07) is 9.19. The second-order valence-electron chi connectivity index (χ2n) is 4.59. The Morgan fingerprint density at radius 3 is 2.76 bits per heavy atom. The summed E-state index contributed by atoms with van der Waals surface area (Å²) in [6.45, 7) is 3.85. The van der Waals surface area contributed by atoms with Gasteiger partial charge in [0.25, 0.3) is 0 Å². The van der Waals surface area contributed by atoms with E-state index in [0.717, 1.165) is 30.8 Å². The molecule has 1 heterocycles. The van der Waals surface area contributed by atoms with Gasteiger partial charge in [-0.25, -0.2) is 4.98 Å². The van der Waals surface area contributed by atoms with Gasteiger partial charge in [0.2, 0.25) is 5.88 Å². The van der Waals surface area contributed by atoms with Gasteiger partial charge in [0.05, 0.1) is 7.11 Å². The van der Waals surface area contributed by atoms with Crippen molar-refractivity contribution in [2.45, 2.75) is 19.9 Å². The molecule has 1 aromatic heterocycles. The maximum absolute atomic E-state index is 6.22. The number of hydrogen-bond acceptors (Lipinski definition) is 4. The van der Waals surface area contributed by atoms with Crippen LogP contribution in [0.15, 0.2) is 36.5 Å². The number of rotatable bonds is 7. The molecule has 0 bridgehead atoms. The number of hydrogen-bond donors (Lipinski definition) is 1. The lowest BCUT2D eigenvalue weighted by Crippen LogP contribution is -2.13. The molecular formula is C16H19ClN2O2. The van der Waals surface area contributed by atoms with Crippen molar-refractivity contribution >= 4 is 11.6 Å². The predicted molar refractivity (Wildman–Crippen MR) is 84.3 cm³/mol. The van der Waals surface area contributed by atoms with E-state index in [9.17, 15) is 0 Å². The predicted octanol–water partition coefficient (Wildman–Crippen LogP) is 4.04. The minimum absolute atomic E-state index is 0.393. The first-order valence-corrected chi connectivity index (χ1v) is 7.27. The number of nitrogens with one attached hydrogen (secondary N) is 1. The summed E-state index contributed by atoms with van der Waals surface area (Å²) in [5, 5.41) is 3.80. The van der Waals surface area contributed by atoms with Crippen LogP contribution in [0.5, 0.6) is 17.4 Å². The Balaban J connectivity index is 2.06. The van der Waals surface area contributed by atoms with E-state index in [2.05, 4.69) is 17.2 Å². The highest BCUT2D eigenvalue weighted by Gasteiger charge is 2.07. The Kier molecular flexibility index (Phi) is 5.84. The van der Waals surface area contributed by atoms with Crippen molar-refractivity contribution in [3.05, 3.63) is 47.1 Å². The van der Waals surface area contributed by atoms with Gasteiger partial charge in [-0.2, -0.15) is 0 Å². The van der Waals surface area contributed by atoms with Crippen LogP contribution in [0, 0.1) is 0 Å². The number of pyridine rings is 1. The average molecular weight is 307 g/mol. The average Bonchev–Trinajstić information content (AvgIpc) is 2.50. The van der Waals surface area contributed by atoms with E-state index in [4.69, 9.17) is 21.1 Å². The van der Waals surface area contributed by atoms with Crippen LogP contribution < -0.4 is 14.8 Å². The highest BCUT2D eigenvalue weighted by atomic mass is 35.5. The summed E-state index contributed by atoms with van der Waals surface area (Å²) in [5.74, 6) is 1.76. The maximum Gasteiger partial charge on any atom is 0.238 e. The van der Waals surface area contributed by atoms with Crippen molar-refractivity contribution in [3.8, 4) is 17.4 Å². The highest BCUT2D eigenvalue weighted by Crippen LogP contribution is 2.29. The fraction of sp³-hybridized carbons (Fsp3) is 0.312. The monoisotopic (exact) mass is 306 g/mol. The standard InChI is InChI=1S/C16H19ClN2O2/c1-3-7-18-10-12-8-15(17)16(19-11-12)21-14-6-4-5-13(9-14)20-2/h4-6,8-9,11,18H,3,7,10H2,1-2H3. The van der Waals surface area contributed by atoms with Gasteiger partial charge in [-0.3, -0.25) is 0 Å². The fourth-order valence-corrected chi connectivity index (χ4v) is 2.05. The van der Waals surface area contributed by atoms with Crippen molar-refractivity contribution in [1.82, 2.24) is 10.3 Å². The fourth-order valence-electron chi connectivity index (χ4n) is 1.82. The number of methoxy groups -OCH3 is 1. The van der Waals surface area contributed by atoms with E-state index in [1.54, 1.807) is 19.4 Å². The number of halogens is 1. The first-order chi connectivity index (χ1) is 10.2. The molecule has 0 saturated heterocycles. The summed E-state index contributed by atoms with van der Waals surface area (Å²) >= 11 is 6.22. The molecule has 0 saturated carbocycles. The highest BCUT2D eigenvalue weighted by molar-refractivity contribution is 6.31. The Morgan fingerprint density at radius 1 is 1.24 bits per heavy atom. The molecule has 2 rings (SSSR count). The van der Waals surface area contributed by atoms with Gasteiger partial charge in [0.15, 0.2) is 0 Å². The van der Waals surface area contributed by atoms with Crippen molar-refractivity contribution in [1.29, 1.82) is 0 Å². The molecule has 0 aliphatic carbocycles. The molecule has 0 spiro atoms. The van der Waals surface area contributed by atoms with E-state index in [0.29, 0.717) is 16.7 Å². The largest absolute Gasteiger partial charge is 0.497 e. The van der Waals surface area contributed by atoms with Crippen molar-refractivity contribution < 1.29 is 9.47 Å². The van der Waals surface area contributed by atoms with Crippen LogP contribution in [-0.4, -0.2) is 18.6 Å². The minimum Gasteiger partial charge on any atom is -0.497 e. The molecule has 0 fully saturated rings. The summed E-state index contributed by atoms with van der Waals surface area (Å²) in [7, 11) is 1.61. The van der Waals surface area contributed by atoms with E-state index in [1.807, 2.05) is 24.3 Å². The molecule has 1 aromatic carbocycles. The van der Waals surface area contributed by atoms with Gasteiger partial charge in [0.1, 0.15) is 16.5 Å². The molecule has 0 amide bonds. The van der Waals surface area contributed by atoms with E-state index < -0.39 is 0 Å². The van der Waals surface area contributed by atoms with E-state index >= 15 is 0 Å². The van der Waals surface area contributed by atoms with Crippen LogP contribution in [0.4, 0.5) is 0 Å². The zero-order chi connectivity index (χ0) is 15.1. The lowest BCUT2D eigenvalue weighted by atomic mass is 10.3. The molecule has 0 aliphatic rings. The molecule has 4 nitrogen and oxygen atoms in total. The van der Waals surface area contributed by atoms with Gasteiger partial charge >= 0.3 is 0 Å². The molecular weight excluding hydrogens is 288 g/mol. The van der Waals surface area contributed by atoms with Gasteiger partial charge in [0, 0.05) is 18.8 Å². The SMILES string of the molecule is CCCNCc1cnc(Oc2cccc(OC)c2)c(Cl)c1. The smallest absolute Gasteiger partial charge is 0.238 e. The zero-order valence-corrected chi connectivity index (χ0v) is 13.0. The Labute approximate surface area is 130 Å². The van der Waals surface area contributed by atoms with Gasteiger partial charge in [-0.15, -0.1) is 0 Å². The lowest BCUT2D eigenvalue weighted by Gasteiger charge is -2.09. The van der Waals surface area contributed by atoms with Crippen LogP contribution in [0.2, 0.25) is 5.02 Å². The van der Waals surface area contributed by atoms with Crippen molar-refractivity contribution in [3.63, 3.8) is 0 Å². The first-order valence-electron chi connectivity index (χ1n) is 6.90. The van der Waals surface area contributed by atoms with Crippen LogP contribution in [0.25, 0.3) is 0 Å². The number of benzene rings is 1. The van der Waals surface area contributed by atoms with Crippen LogP contribution >= 0.6 is 11.6 Å². The second-order valence-corrected chi connectivity index (χ2v) is 5.00. The summed E-state index contributed by atoms with van der Waals surface area (Å²) in [6.07, 6.45) is 2.86. The maximum atomic E-state index is 6.22. The summed E-state index contributed by atoms with van der Waals surface area (Å²) in [5.41, 5.74) is 1.03. The molecule has 0 radical (unpaired) electrons. The number of ether oxygens (including phenoxy) is 2. The van der Waals surface area contributed by atoms with E-state index in [-0.39, 0.29) is 0 Å². The molecule has 21 heavy (non-hydrogen) atoms. The quantitative estimate of drug-likeness (QED) is 0.784. The Bertz CT molecular complexity index is 590. The normalized spacial score (nSPS) is 10.4. The third kappa shape index (κ3) is 4.62. The van der Waals surface area contributed by atoms with Crippen molar-refractivity contribution in [2.75, 3.05) is 13.7 Å². The molecule has 1 N–H and O–H groups in total. The van der Waals surface area contributed by atoms with Gasteiger partial charge in [-0.05, 0) is 36.7 Å². The van der Waals surface area contributed by atoms with Crippen LogP contribution in [0.3, 0.4) is 0 Å².